The molecule has 0 aliphatic rings. The highest BCUT2D eigenvalue weighted by Crippen LogP contribution is 2.01. The molecule has 0 atom stereocenters. The molecule has 0 aromatic carbocycles. The molecular weight excluding hydrogens is 172 g/mol. The lowest BCUT2D eigenvalue weighted by molar-refractivity contribution is -0.134. The quantitative estimate of drug-likeness (QED) is 0.613. The van der Waals surface area contributed by atoms with Crippen molar-refractivity contribution >= 4 is 17.0 Å². The largest absolute Gasteiger partial charge is 0.481 e. The van der Waals surface area contributed by atoms with Crippen LogP contribution in [0.1, 0.15) is 6.92 Å². The summed E-state index contributed by atoms with van der Waals surface area (Å²) in [4.78, 5) is 16.7. The Balaban J connectivity index is 0.000000184. The third kappa shape index (κ3) is 2.86. The molecule has 0 amide bonds. The summed E-state index contributed by atoms with van der Waals surface area (Å²) in [6, 6.07) is 0. The van der Waals surface area contributed by atoms with Gasteiger partial charge in [-0.25, -0.2) is 9.97 Å². The number of H-pyrrole nitrogens is 1. The Morgan fingerprint density at radius 1 is 1.54 bits per heavy atom. The minimum atomic E-state index is -0.833. The standard InChI is InChI=1S/C5H4N4.C2H4O2/c1-4-2-8-9-5(4)7-3-6-1;1-2(3)4/h1-3H,(H,6,7,8,9);1H3,(H,3,4). The van der Waals surface area contributed by atoms with Gasteiger partial charge in [0.15, 0.2) is 5.65 Å². The number of aliphatic carboxylic acids is 1. The average molecular weight is 180 g/mol. The van der Waals surface area contributed by atoms with E-state index in [0.29, 0.717) is 0 Å². The van der Waals surface area contributed by atoms with E-state index >= 15 is 0 Å². The van der Waals surface area contributed by atoms with Crippen LogP contribution in [-0.4, -0.2) is 31.2 Å². The van der Waals surface area contributed by atoms with E-state index in [4.69, 9.17) is 9.90 Å². The van der Waals surface area contributed by atoms with Gasteiger partial charge in [0, 0.05) is 13.1 Å². The molecule has 2 rings (SSSR count). The maximum atomic E-state index is 9.00. The first kappa shape index (κ1) is 9.11. The first-order chi connectivity index (χ1) is 6.20. The summed E-state index contributed by atoms with van der Waals surface area (Å²) in [5.74, 6) is -0.833. The van der Waals surface area contributed by atoms with Crippen molar-refractivity contribution < 1.29 is 9.90 Å². The fraction of sp³-hybridized carbons (Fsp3) is 0.143. The molecule has 0 saturated carbocycles. The first-order valence-corrected chi connectivity index (χ1v) is 3.49. The van der Waals surface area contributed by atoms with Crippen molar-refractivity contribution in [2.45, 2.75) is 6.92 Å². The predicted octanol–water partition coefficient (Wildman–Crippen LogP) is 0.444. The van der Waals surface area contributed by atoms with Crippen molar-refractivity contribution in [3.8, 4) is 0 Å². The van der Waals surface area contributed by atoms with Crippen molar-refractivity contribution in [3.63, 3.8) is 0 Å². The molecule has 0 aliphatic heterocycles. The topological polar surface area (TPSA) is 91.8 Å². The Labute approximate surface area is 73.6 Å². The van der Waals surface area contributed by atoms with E-state index in [9.17, 15) is 0 Å². The fourth-order valence-electron chi connectivity index (χ4n) is 0.691. The number of aromatic amines is 1. The fourth-order valence-corrected chi connectivity index (χ4v) is 0.691. The molecule has 2 heterocycles. The summed E-state index contributed by atoms with van der Waals surface area (Å²) < 4.78 is 0. The van der Waals surface area contributed by atoms with E-state index in [0.717, 1.165) is 18.0 Å². The van der Waals surface area contributed by atoms with Crippen LogP contribution < -0.4 is 0 Å². The van der Waals surface area contributed by atoms with Crippen molar-refractivity contribution in [2.75, 3.05) is 0 Å². The molecule has 0 spiro atoms. The predicted molar refractivity (Wildman–Crippen MR) is 45.0 cm³/mol. The van der Waals surface area contributed by atoms with Gasteiger partial charge in [-0.15, -0.1) is 0 Å². The molecule has 0 fully saturated rings. The molecule has 68 valence electrons. The molecule has 2 N–H and O–H groups in total. The smallest absolute Gasteiger partial charge is 0.300 e. The van der Waals surface area contributed by atoms with Gasteiger partial charge in [0.2, 0.25) is 0 Å². The minimum absolute atomic E-state index is 0.782. The number of aromatic nitrogens is 4. The zero-order valence-corrected chi connectivity index (χ0v) is 6.93. The third-order valence-corrected chi connectivity index (χ3v) is 1.11. The summed E-state index contributed by atoms with van der Waals surface area (Å²) in [6.07, 6.45) is 4.89. The van der Waals surface area contributed by atoms with Gasteiger partial charge in [-0.3, -0.25) is 9.89 Å². The monoisotopic (exact) mass is 180 g/mol. The van der Waals surface area contributed by atoms with Crippen molar-refractivity contribution in [3.05, 3.63) is 18.7 Å². The number of carboxylic acid groups (broad SMARTS) is 1. The highest BCUT2D eigenvalue weighted by molar-refractivity contribution is 5.71. The van der Waals surface area contributed by atoms with Crippen molar-refractivity contribution in [1.29, 1.82) is 0 Å². The van der Waals surface area contributed by atoms with Crippen LogP contribution in [0, 0.1) is 0 Å². The number of hydrogen-bond donors (Lipinski definition) is 2. The van der Waals surface area contributed by atoms with Crippen LogP contribution in [0.15, 0.2) is 18.7 Å². The number of hydrogen-bond acceptors (Lipinski definition) is 4. The molecule has 0 radical (unpaired) electrons. The maximum absolute atomic E-state index is 9.00. The lowest BCUT2D eigenvalue weighted by Crippen LogP contribution is -1.78. The Bertz CT molecular complexity index is 364. The normalized spacial score (nSPS) is 9.00. The van der Waals surface area contributed by atoms with Crippen LogP contribution in [-0.2, 0) is 4.79 Å². The summed E-state index contributed by atoms with van der Waals surface area (Å²) in [7, 11) is 0. The number of nitrogens with one attached hydrogen (secondary N) is 1. The number of carboxylic acids is 1. The van der Waals surface area contributed by atoms with Crippen LogP contribution in [0.3, 0.4) is 0 Å². The summed E-state index contributed by atoms with van der Waals surface area (Å²) in [6.45, 7) is 1.08. The SMILES string of the molecule is CC(=O)O.c1ncc2cn[nH]c2n1. The van der Waals surface area contributed by atoms with E-state index in [-0.39, 0.29) is 0 Å². The van der Waals surface area contributed by atoms with Crippen LogP contribution >= 0.6 is 0 Å². The minimum Gasteiger partial charge on any atom is -0.481 e. The van der Waals surface area contributed by atoms with E-state index in [1.807, 2.05) is 0 Å². The molecule has 6 nitrogen and oxygen atoms in total. The summed E-state index contributed by atoms with van der Waals surface area (Å²) >= 11 is 0. The van der Waals surface area contributed by atoms with Gasteiger partial charge in [-0.05, 0) is 0 Å². The van der Waals surface area contributed by atoms with E-state index in [2.05, 4.69) is 20.2 Å². The number of fused-ring (bicyclic) bond motifs is 1. The lowest BCUT2D eigenvalue weighted by atomic mass is 10.5. The second kappa shape index (κ2) is 4.15. The van der Waals surface area contributed by atoms with Gasteiger partial charge >= 0.3 is 0 Å². The van der Waals surface area contributed by atoms with Gasteiger partial charge in [-0.2, -0.15) is 5.10 Å². The van der Waals surface area contributed by atoms with Gasteiger partial charge in [0.1, 0.15) is 6.33 Å². The van der Waals surface area contributed by atoms with Gasteiger partial charge in [-0.1, -0.05) is 0 Å². The highest BCUT2D eigenvalue weighted by Gasteiger charge is 1.90. The van der Waals surface area contributed by atoms with Gasteiger partial charge in [0.25, 0.3) is 5.97 Å². The van der Waals surface area contributed by atoms with Gasteiger partial charge < -0.3 is 5.11 Å². The van der Waals surface area contributed by atoms with E-state index < -0.39 is 5.97 Å². The Morgan fingerprint density at radius 2 is 2.23 bits per heavy atom. The van der Waals surface area contributed by atoms with Crippen molar-refractivity contribution in [2.24, 2.45) is 0 Å². The molecule has 0 aliphatic carbocycles. The molecular formula is C7H8N4O2. The molecule has 2 aromatic heterocycles. The number of rotatable bonds is 0. The molecule has 0 bridgehead atoms. The number of nitrogens with zero attached hydrogens (tertiary/aromatic N) is 3. The molecule has 2 aromatic rings. The summed E-state index contributed by atoms with van der Waals surface area (Å²) in [5, 5.41) is 14.9. The van der Waals surface area contributed by atoms with Crippen LogP contribution in [0.5, 0.6) is 0 Å². The first-order valence-electron chi connectivity index (χ1n) is 3.49. The van der Waals surface area contributed by atoms with Gasteiger partial charge in [0.05, 0.1) is 11.6 Å². The van der Waals surface area contributed by atoms with E-state index in [1.54, 1.807) is 12.4 Å². The average Bonchev–Trinajstić information content (AvgIpc) is 2.49. The van der Waals surface area contributed by atoms with Crippen molar-refractivity contribution in [1.82, 2.24) is 20.2 Å². The van der Waals surface area contributed by atoms with Crippen LogP contribution in [0.4, 0.5) is 0 Å². The zero-order valence-electron chi connectivity index (χ0n) is 6.93. The zero-order chi connectivity index (χ0) is 9.68. The molecule has 0 unspecified atom stereocenters. The number of carbonyl (C=O) groups is 1. The highest BCUT2D eigenvalue weighted by atomic mass is 16.4. The van der Waals surface area contributed by atoms with Crippen LogP contribution in [0.25, 0.3) is 11.0 Å². The molecule has 13 heavy (non-hydrogen) atoms. The molecule has 6 heteroatoms. The maximum Gasteiger partial charge on any atom is 0.300 e. The second-order valence-electron chi connectivity index (χ2n) is 2.22. The Kier molecular flexibility index (Phi) is 2.91. The van der Waals surface area contributed by atoms with Crippen LogP contribution in [0.2, 0.25) is 0 Å². The molecule has 0 saturated heterocycles. The lowest BCUT2D eigenvalue weighted by Gasteiger charge is -1.80. The second-order valence-corrected chi connectivity index (χ2v) is 2.22. The Morgan fingerprint density at radius 3 is 2.85 bits per heavy atom. The third-order valence-electron chi connectivity index (χ3n) is 1.11. The Hall–Kier alpha value is -1.98. The van der Waals surface area contributed by atoms with E-state index in [1.165, 1.54) is 6.33 Å². The summed E-state index contributed by atoms with van der Waals surface area (Å²) in [5.41, 5.74) is 0.782.